The van der Waals surface area contributed by atoms with Gasteiger partial charge in [0, 0.05) is 22.7 Å². The monoisotopic (exact) mass is 483 g/mol. The highest BCUT2D eigenvalue weighted by Gasteiger charge is 2.23. The molecule has 1 unspecified atom stereocenters. The molecule has 0 radical (unpaired) electrons. The van der Waals surface area contributed by atoms with Gasteiger partial charge in [-0.25, -0.2) is 4.98 Å². The summed E-state index contributed by atoms with van der Waals surface area (Å²) in [4.78, 5) is 30.8. The van der Waals surface area contributed by atoms with Gasteiger partial charge in [-0.3, -0.25) is 14.2 Å². The van der Waals surface area contributed by atoms with E-state index in [1.807, 2.05) is 31.2 Å². The van der Waals surface area contributed by atoms with E-state index in [2.05, 4.69) is 5.32 Å². The van der Waals surface area contributed by atoms with E-state index in [0.717, 1.165) is 23.8 Å². The number of halogens is 1. The zero-order valence-electron chi connectivity index (χ0n) is 18.0. The van der Waals surface area contributed by atoms with E-state index in [1.165, 1.54) is 11.8 Å². The van der Waals surface area contributed by atoms with E-state index < -0.39 is 0 Å². The zero-order chi connectivity index (χ0) is 22.9. The van der Waals surface area contributed by atoms with Crippen LogP contribution in [0.25, 0.3) is 22.1 Å². The number of aromatic nitrogens is 2. The van der Waals surface area contributed by atoms with Gasteiger partial charge in [0.2, 0.25) is 11.5 Å². The van der Waals surface area contributed by atoms with Crippen molar-refractivity contribution < 1.29 is 13.9 Å². The van der Waals surface area contributed by atoms with Crippen LogP contribution in [0, 0.1) is 6.92 Å². The average Bonchev–Trinajstić information content (AvgIpc) is 3.46. The molecule has 7 nitrogen and oxygen atoms in total. The van der Waals surface area contributed by atoms with Crippen molar-refractivity contribution in [2.24, 2.45) is 0 Å². The molecule has 0 bridgehead atoms. The smallest absolute Gasteiger partial charge is 0.297 e. The Balaban J connectivity index is 1.47. The average molecular weight is 484 g/mol. The molecule has 1 aliphatic rings. The second kappa shape index (κ2) is 9.21. The van der Waals surface area contributed by atoms with Crippen LogP contribution in [0.2, 0.25) is 5.02 Å². The maximum atomic E-state index is 13.4. The number of amides is 1. The molecule has 2 aromatic heterocycles. The molecule has 1 aliphatic heterocycles. The van der Waals surface area contributed by atoms with Crippen LogP contribution < -0.4 is 10.9 Å². The molecule has 1 atom stereocenters. The second-order valence-corrected chi connectivity index (χ2v) is 9.32. The lowest BCUT2D eigenvalue weighted by Gasteiger charge is -2.15. The highest BCUT2D eigenvalue weighted by molar-refractivity contribution is 7.99. The summed E-state index contributed by atoms with van der Waals surface area (Å²) in [7, 11) is 0. The first-order valence-corrected chi connectivity index (χ1v) is 12.1. The van der Waals surface area contributed by atoms with Gasteiger partial charge < -0.3 is 14.5 Å². The third-order valence-corrected chi connectivity index (χ3v) is 7.12. The van der Waals surface area contributed by atoms with Gasteiger partial charge in [-0.2, -0.15) is 0 Å². The first-order valence-electron chi connectivity index (χ1n) is 10.7. The van der Waals surface area contributed by atoms with E-state index in [1.54, 1.807) is 22.8 Å². The predicted molar refractivity (Wildman–Crippen MR) is 130 cm³/mol. The Morgan fingerprint density at radius 2 is 2.12 bits per heavy atom. The van der Waals surface area contributed by atoms with Gasteiger partial charge in [0.15, 0.2) is 5.16 Å². The van der Waals surface area contributed by atoms with Crippen molar-refractivity contribution in [1.82, 2.24) is 9.55 Å². The molecule has 5 rings (SSSR count). The van der Waals surface area contributed by atoms with Gasteiger partial charge in [-0.05, 0) is 49.6 Å². The Morgan fingerprint density at radius 3 is 2.94 bits per heavy atom. The third kappa shape index (κ3) is 4.38. The van der Waals surface area contributed by atoms with Crippen molar-refractivity contribution in [1.29, 1.82) is 0 Å². The number of rotatable bonds is 6. The summed E-state index contributed by atoms with van der Waals surface area (Å²) in [5.74, 6) is -0.119. The molecule has 1 N–H and O–H groups in total. The highest BCUT2D eigenvalue weighted by atomic mass is 35.5. The number of fused-ring (bicyclic) bond motifs is 3. The molecule has 170 valence electrons. The lowest BCUT2D eigenvalue weighted by molar-refractivity contribution is -0.113. The second-order valence-electron chi connectivity index (χ2n) is 7.97. The normalized spacial score (nSPS) is 16.0. The minimum atomic E-state index is -0.264. The molecular formula is C24H22ClN3O4S. The van der Waals surface area contributed by atoms with Crippen LogP contribution >= 0.6 is 23.4 Å². The van der Waals surface area contributed by atoms with E-state index in [9.17, 15) is 9.59 Å². The van der Waals surface area contributed by atoms with Gasteiger partial charge in [0.25, 0.3) is 5.56 Å². The molecule has 0 spiro atoms. The fraction of sp³-hybridized carbons (Fsp3) is 0.292. The van der Waals surface area contributed by atoms with E-state index in [-0.39, 0.29) is 28.9 Å². The molecule has 1 amide bonds. The van der Waals surface area contributed by atoms with Gasteiger partial charge >= 0.3 is 0 Å². The van der Waals surface area contributed by atoms with Crippen LogP contribution in [0.5, 0.6) is 0 Å². The van der Waals surface area contributed by atoms with E-state index >= 15 is 0 Å². The van der Waals surface area contributed by atoms with Gasteiger partial charge in [-0.15, -0.1) is 0 Å². The SMILES string of the molecule is Cc1c(Cl)cccc1NC(=O)CSc1nc2c(oc3ccccc32)c(=O)n1CC1CCCO1. The van der Waals surface area contributed by atoms with Crippen LogP contribution in [0.15, 0.2) is 56.8 Å². The number of ether oxygens (including phenoxy) is 1. The maximum absolute atomic E-state index is 13.4. The fourth-order valence-corrected chi connectivity index (χ4v) is 4.95. The molecule has 9 heteroatoms. The number of hydrogen-bond donors (Lipinski definition) is 1. The van der Waals surface area contributed by atoms with Gasteiger partial charge in [0.05, 0.1) is 18.4 Å². The largest absolute Gasteiger partial charge is 0.448 e. The highest BCUT2D eigenvalue weighted by Crippen LogP contribution is 2.28. The number of anilines is 1. The van der Waals surface area contributed by atoms with Crippen molar-refractivity contribution >= 4 is 57.0 Å². The number of hydrogen-bond acceptors (Lipinski definition) is 6. The molecule has 1 fully saturated rings. The number of thioether (sulfide) groups is 1. The Morgan fingerprint density at radius 1 is 1.27 bits per heavy atom. The third-order valence-electron chi connectivity index (χ3n) is 5.73. The van der Waals surface area contributed by atoms with Crippen molar-refractivity contribution in [2.75, 3.05) is 17.7 Å². The number of carbonyl (C=O) groups is 1. The number of nitrogens with zero attached hydrogens (tertiary/aromatic N) is 2. The Hall–Kier alpha value is -2.81. The molecule has 4 aromatic rings. The number of nitrogens with one attached hydrogen (secondary N) is 1. The van der Waals surface area contributed by atoms with Crippen molar-refractivity contribution in [3.8, 4) is 0 Å². The molecule has 33 heavy (non-hydrogen) atoms. The lowest BCUT2D eigenvalue weighted by Crippen LogP contribution is -2.29. The van der Waals surface area contributed by atoms with Crippen LogP contribution in [0.4, 0.5) is 5.69 Å². The van der Waals surface area contributed by atoms with Crippen LogP contribution in [-0.2, 0) is 16.1 Å². The molecule has 1 saturated heterocycles. The number of benzene rings is 2. The summed E-state index contributed by atoms with van der Waals surface area (Å²) in [6, 6.07) is 12.8. The summed E-state index contributed by atoms with van der Waals surface area (Å²) in [5.41, 5.74) is 2.54. The van der Waals surface area contributed by atoms with Crippen LogP contribution in [-0.4, -0.2) is 33.9 Å². The minimum Gasteiger partial charge on any atom is -0.448 e. The quantitative estimate of drug-likeness (QED) is 0.306. The summed E-state index contributed by atoms with van der Waals surface area (Å²) < 4.78 is 13.2. The fourth-order valence-electron chi connectivity index (χ4n) is 3.98. The predicted octanol–water partition coefficient (Wildman–Crippen LogP) is 5.01. The number of furan rings is 1. The van der Waals surface area contributed by atoms with E-state index in [0.29, 0.717) is 40.1 Å². The number of para-hydroxylation sites is 1. The van der Waals surface area contributed by atoms with Crippen molar-refractivity contribution in [2.45, 2.75) is 37.6 Å². The first-order chi connectivity index (χ1) is 16.0. The summed E-state index contributed by atoms with van der Waals surface area (Å²) in [5, 5.41) is 4.71. The zero-order valence-corrected chi connectivity index (χ0v) is 19.5. The van der Waals surface area contributed by atoms with Crippen molar-refractivity contribution in [3.05, 3.63) is 63.4 Å². The standard InChI is InChI=1S/C24H22ClN3O4S/c1-14-17(25)8-4-9-18(14)26-20(29)13-33-24-27-21-16-7-2-3-10-19(16)32-22(21)23(30)28(24)12-15-6-5-11-31-15/h2-4,7-10,15H,5-6,11-13H2,1H3,(H,26,29). The maximum Gasteiger partial charge on any atom is 0.297 e. The lowest BCUT2D eigenvalue weighted by atomic mass is 10.2. The Kier molecular flexibility index (Phi) is 6.14. The molecule has 0 aliphatic carbocycles. The van der Waals surface area contributed by atoms with Crippen LogP contribution in [0.3, 0.4) is 0 Å². The topological polar surface area (TPSA) is 86.4 Å². The van der Waals surface area contributed by atoms with Gasteiger partial charge in [-0.1, -0.05) is 41.6 Å². The van der Waals surface area contributed by atoms with Gasteiger partial charge in [0.1, 0.15) is 11.1 Å². The molecular weight excluding hydrogens is 462 g/mol. The number of carbonyl (C=O) groups excluding carboxylic acids is 1. The molecule has 2 aromatic carbocycles. The van der Waals surface area contributed by atoms with Crippen LogP contribution in [0.1, 0.15) is 18.4 Å². The Bertz CT molecular complexity index is 1410. The van der Waals surface area contributed by atoms with Crippen molar-refractivity contribution in [3.63, 3.8) is 0 Å². The minimum absolute atomic E-state index is 0.0615. The first kappa shape index (κ1) is 22.0. The summed E-state index contributed by atoms with van der Waals surface area (Å²) in [6.07, 6.45) is 1.78. The summed E-state index contributed by atoms with van der Waals surface area (Å²) in [6.45, 7) is 2.91. The summed E-state index contributed by atoms with van der Waals surface area (Å²) >= 11 is 7.37. The van der Waals surface area contributed by atoms with E-state index in [4.69, 9.17) is 25.7 Å². The molecule has 0 saturated carbocycles. The molecule has 3 heterocycles. The Labute approximate surface area is 199 Å².